The van der Waals surface area contributed by atoms with Gasteiger partial charge in [0.15, 0.2) is 5.69 Å². The molecule has 0 aromatic carbocycles. The number of nitrogens with zero attached hydrogens (tertiary/aromatic N) is 5. The Balaban J connectivity index is 1.69. The number of carbonyl (C=O) groups is 1. The summed E-state index contributed by atoms with van der Waals surface area (Å²) in [7, 11) is 2.90. The smallest absolute Gasteiger partial charge is 0.356 e. The van der Waals surface area contributed by atoms with Gasteiger partial charge in [-0.05, 0) is 6.07 Å². The lowest BCUT2D eigenvalue weighted by Gasteiger charge is -2.36. The SMILES string of the molecule is COC(=O)c1cc(N)nc(N2CCN(c3ccc(OC)nc3)CC2)n1. The highest BCUT2D eigenvalue weighted by atomic mass is 16.5. The van der Waals surface area contributed by atoms with Crippen LogP contribution in [0.5, 0.6) is 5.88 Å². The summed E-state index contributed by atoms with van der Waals surface area (Å²) >= 11 is 0. The zero-order valence-corrected chi connectivity index (χ0v) is 14.2. The van der Waals surface area contributed by atoms with Crippen LogP contribution in [0.4, 0.5) is 17.5 Å². The lowest BCUT2D eigenvalue weighted by molar-refractivity contribution is 0.0594. The van der Waals surface area contributed by atoms with E-state index >= 15 is 0 Å². The maximum absolute atomic E-state index is 11.7. The standard InChI is InChI=1S/C16H20N6O3/c1-24-14-4-3-11(10-18-14)21-5-7-22(8-6-21)16-19-12(15(23)25-2)9-13(17)20-16/h3-4,9-10H,5-8H2,1-2H3,(H2,17,19,20). The molecule has 0 saturated carbocycles. The topological polar surface area (TPSA) is 107 Å². The van der Waals surface area contributed by atoms with Gasteiger partial charge in [-0.1, -0.05) is 0 Å². The van der Waals surface area contributed by atoms with Crippen molar-refractivity contribution >= 4 is 23.4 Å². The molecule has 0 bridgehead atoms. The number of aromatic nitrogens is 3. The summed E-state index contributed by atoms with van der Waals surface area (Å²) in [6.45, 7) is 2.96. The molecule has 9 nitrogen and oxygen atoms in total. The van der Waals surface area contributed by atoms with Crippen molar-refractivity contribution < 1.29 is 14.3 Å². The fourth-order valence-electron chi connectivity index (χ4n) is 2.65. The van der Waals surface area contributed by atoms with Crippen molar-refractivity contribution in [2.24, 2.45) is 0 Å². The molecule has 0 atom stereocenters. The molecule has 0 radical (unpaired) electrons. The predicted octanol–water partition coefficient (Wildman–Crippen LogP) is 0.576. The van der Waals surface area contributed by atoms with E-state index in [2.05, 4.69) is 19.9 Å². The van der Waals surface area contributed by atoms with Gasteiger partial charge in [-0.15, -0.1) is 0 Å². The van der Waals surface area contributed by atoms with Crippen LogP contribution >= 0.6 is 0 Å². The summed E-state index contributed by atoms with van der Waals surface area (Å²) in [5.74, 6) is 0.740. The third kappa shape index (κ3) is 3.70. The highest BCUT2D eigenvalue weighted by Gasteiger charge is 2.21. The Labute approximate surface area is 145 Å². The molecule has 1 fully saturated rings. The maximum Gasteiger partial charge on any atom is 0.356 e. The number of methoxy groups -OCH3 is 2. The fraction of sp³-hybridized carbons (Fsp3) is 0.375. The van der Waals surface area contributed by atoms with Gasteiger partial charge in [0, 0.05) is 38.3 Å². The molecule has 0 spiro atoms. The molecular formula is C16H20N6O3. The van der Waals surface area contributed by atoms with Gasteiger partial charge in [-0.3, -0.25) is 0 Å². The minimum absolute atomic E-state index is 0.159. The minimum atomic E-state index is -0.529. The maximum atomic E-state index is 11.7. The van der Waals surface area contributed by atoms with Crippen LogP contribution in [0.15, 0.2) is 24.4 Å². The molecule has 3 heterocycles. The third-order valence-corrected chi connectivity index (χ3v) is 3.99. The lowest BCUT2D eigenvalue weighted by Crippen LogP contribution is -2.47. The molecule has 2 aromatic heterocycles. The number of pyridine rings is 1. The number of esters is 1. The zero-order valence-electron chi connectivity index (χ0n) is 14.2. The van der Waals surface area contributed by atoms with E-state index in [1.165, 1.54) is 13.2 Å². The summed E-state index contributed by atoms with van der Waals surface area (Å²) in [4.78, 5) is 28.6. The summed E-state index contributed by atoms with van der Waals surface area (Å²) < 4.78 is 9.78. The number of ether oxygens (including phenoxy) is 2. The molecule has 1 saturated heterocycles. The Morgan fingerprint density at radius 2 is 1.84 bits per heavy atom. The van der Waals surface area contributed by atoms with Gasteiger partial charge in [0.2, 0.25) is 11.8 Å². The van der Waals surface area contributed by atoms with Gasteiger partial charge >= 0.3 is 5.97 Å². The molecule has 1 aliphatic rings. The van der Waals surface area contributed by atoms with Gasteiger partial charge in [-0.25, -0.2) is 14.8 Å². The minimum Gasteiger partial charge on any atom is -0.481 e. The van der Waals surface area contributed by atoms with Gasteiger partial charge in [0.1, 0.15) is 5.82 Å². The van der Waals surface area contributed by atoms with Crippen LogP contribution in [0, 0.1) is 0 Å². The van der Waals surface area contributed by atoms with E-state index in [4.69, 9.17) is 15.2 Å². The zero-order chi connectivity index (χ0) is 17.8. The Morgan fingerprint density at radius 3 is 2.44 bits per heavy atom. The molecule has 2 N–H and O–H groups in total. The first-order chi connectivity index (χ1) is 12.1. The second kappa shape index (κ2) is 7.20. The molecule has 0 aliphatic carbocycles. The Kier molecular flexibility index (Phi) is 4.82. The van der Waals surface area contributed by atoms with Crippen LogP contribution in [-0.2, 0) is 4.74 Å². The Bertz CT molecular complexity index is 744. The van der Waals surface area contributed by atoms with Gasteiger partial charge < -0.3 is 25.0 Å². The number of carbonyl (C=O) groups excluding carboxylic acids is 1. The third-order valence-electron chi connectivity index (χ3n) is 3.99. The van der Waals surface area contributed by atoms with Crippen LogP contribution in [0.2, 0.25) is 0 Å². The summed E-state index contributed by atoms with van der Waals surface area (Å²) in [5, 5.41) is 0. The van der Waals surface area contributed by atoms with Crippen molar-refractivity contribution in [1.82, 2.24) is 15.0 Å². The van der Waals surface area contributed by atoms with Gasteiger partial charge in [0.05, 0.1) is 26.1 Å². The van der Waals surface area contributed by atoms with Crippen LogP contribution in [0.25, 0.3) is 0 Å². The summed E-state index contributed by atoms with van der Waals surface area (Å²) in [6.07, 6.45) is 1.79. The van der Waals surface area contributed by atoms with Crippen LogP contribution < -0.4 is 20.3 Å². The first-order valence-electron chi connectivity index (χ1n) is 7.83. The number of anilines is 3. The van der Waals surface area contributed by atoms with E-state index in [0.717, 1.165) is 18.8 Å². The van der Waals surface area contributed by atoms with E-state index in [-0.39, 0.29) is 11.5 Å². The molecule has 1 aliphatic heterocycles. The lowest BCUT2D eigenvalue weighted by atomic mass is 10.3. The van der Waals surface area contributed by atoms with Crippen molar-refractivity contribution in [2.75, 3.05) is 55.9 Å². The number of piperazine rings is 1. The number of hydrogen-bond acceptors (Lipinski definition) is 9. The van der Waals surface area contributed by atoms with Crippen molar-refractivity contribution in [2.45, 2.75) is 0 Å². The van der Waals surface area contributed by atoms with Crippen molar-refractivity contribution in [3.05, 3.63) is 30.1 Å². The van der Waals surface area contributed by atoms with E-state index < -0.39 is 5.97 Å². The molecule has 0 unspecified atom stereocenters. The number of nitrogen functional groups attached to an aromatic ring is 1. The van der Waals surface area contributed by atoms with Crippen molar-refractivity contribution in [3.8, 4) is 5.88 Å². The molecule has 9 heteroatoms. The average Bonchev–Trinajstić information content (AvgIpc) is 2.67. The van der Waals surface area contributed by atoms with Crippen molar-refractivity contribution in [3.63, 3.8) is 0 Å². The Hall–Kier alpha value is -3.10. The second-order valence-electron chi connectivity index (χ2n) is 5.50. The monoisotopic (exact) mass is 344 g/mol. The van der Waals surface area contributed by atoms with E-state index in [9.17, 15) is 4.79 Å². The van der Waals surface area contributed by atoms with Crippen LogP contribution in [0.3, 0.4) is 0 Å². The van der Waals surface area contributed by atoms with Gasteiger partial charge in [-0.2, -0.15) is 4.98 Å². The molecule has 3 rings (SSSR count). The molecular weight excluding hydrogens is 324 g/mol. The normalized spacial score (nSPS) is 14.3. The van der Waals surface area contributed by atoms with E-state index in [1.807, 2.05) is 17.0 Å². The van der Waals surface area contributed by atoms with E-state index in [0.29, 0.717) is 24.9 Å². The van der Waals surface area contributed by atoms with E-state index in [1.54, 1.807) is 13.3 Å². The fourth-order valence-corrected chi connectivity index (χ4v) is 2.65. The largest absolute Gasteiger partial charge is 0.481 e. The number of rotatable bonds is 4. The molecule has 25 heavy (non-hydrogen) atoms. The summed E-state index contributed by atoms with van der Waals surface area (Å²) in [5.41, 5.74) is 6.98. The quantitative estimate of drug-likeness (QED) is 0.797. The second-order valence-corrected chi connectivity index (χ2v) is 5.50. The predicted molar refractivity (Wildman–Crippen MR) is 93.0 cm³/mol. The van der Waals surface area contributed by atoms with Crippen molar-refractivity contribution in [1.29, 1.82) is 0 Å². The Morgan fingerprint density at radius 1 is 1.12 bits per heavy atom. The average molecular weight is 344 g/mol. The van der Waals surface area contributed by atoms with Gasteiger partial charge in [0.25, 0.3) is 0 Å². The number of hydrogen-bond donors (Lipinski definition) is 1. The highest BCUT2D eigenvalue weighted by Crippen LogP contribution is 2.20. The summed E-state index contributed by atoms with van der Waals surface area (Å²) in [6, 6.07) is 5.23. The first kappa shape index (κ1) is 16.7. The molecule has 2 aromatic rings. The van der Waals surface area contributed by atoms with Crippen LogP contribution in [-0.4, -0.2) is 61.3 Å². The first-order valence-corrected chi connectivity index (χ1v) is 7.83. The molecule has 132 valence electrons. The molecule has 0 amide bonds. The van der Waals surface area contributed by atoms with Crippen LogP contribution in [0.1, 0.15) is 10.5 Å². The highest BCUT2D eigenvalue weighted by molar-refractivity contribution is 5.88. The number of nitrogens with two attached hydrogens (primary N) is 1.